The third kappa shape index (κ3) is 7.51. The second-order valence-electron chi connectivity index (χ2n) is 16.1. The van der Waals surface area contributed by atoms with Crippen LogP contribution < -0.4 is 9.13 Å². The average molecular weight is 949 g/mol. The van der Waals surface area contributed by atoms with Gasteiger partial charge in [-0.15, -0.1) is 18.2 Å². The predicted molar refractivity (Wildman–Crippen MR) is 224 cm³/mol. The number of benzene rings is 5. The molecule has 0 aliphatic carbocycles. The number of ether oxygens (including phenoxy) is 1. The largest absolute Gasteiger partial charge is 0 e. The van der Waals surface area contributed by atoms with E-state index in [2.05, 4.69) is 159 Å². The van der Waals surface area contributed by atoms with Gasteiger partial charge in [-0.3, -0.25) is 4.98 Å². The number of imidazole rings is 1. The summed E-state index contributed by atoms with van der Waals surface area (Å²) < 4.78 is 10.5. The predicted octanol–water partition coefficient (Wildman–Crippen LogP) is 12.3. The van der Waals surface area contributed by atoms with E-state index in [0.717, 1.165) is 50.7 Å². The Bertz CT molecular complexity index is 2360. The normalized spacial score (nSPS) is 13.0. The Kier molecular flexibility index (Phi) is 11.5. The third-order valence-electron chi connectivity index (χ3n) is 10.4. The van der Waals surface area contributed by atoms with E-state index in [-0.39, 0.29) is 25.5 Å². The van der Waals surface area contributed by atoms with Crippen LogP contribution in [0.5, 0.6) is 11.5 Å². The van der Waals surface area contributed by atoms with Crippen LogP contribution in [0, 0.1) is 12.1 Å². The fourth-order valence-corrected chi connectivity index (χ4v) is 9.49. The summed E-state index contributed by atoms with van der Waals surface area (Å²) in [6.45, 7) is 13.6. The van der Waals surface area contributed by atoms with E-state index < -0.39 is 13.3 Å². The van der Waals surface area contributed by atoms with Gasteiger partial charge in [0.2, 0.25) is 0 Å². The summed E-state index contributed by atoms with van der Waals surface area (Å²) in [4.78, 5) is 9.75. The minimum absolute atomic E-state index is 0. The molecular weight excluding hydrogens is 899 g/mol. The van der Waals surface area contributed by atoms with Gasteiger partial charge in [0.15, 0.2) is 0 Å². The van der Waals surface area contributed by atoms with Crippen LogP contribution in [0.2, 0.25) is 17.3 Å². The van der Waals surface area contributed by atoms with E-state index in [1.165, 1.54) is 26.8 Å². The number of hydrogen-bond donors (Lipinski definition) is 0. The van der Waals surface area contributed by atoms with E-state index >= 15 is 0 Å². The summed E-state index contributed by atoms with van der Waals surface area (Å²) in [5.41, 5.74) is 11.0. The number of hydrogen-bond acceptors (Lipinski definition) is 3. The summed E-state index contributed by atoms with van der Waals surface area (Å²) in [6, 6.07) is 46.6. The molecule has 8 rings (SSSR count). The van der Waals surface area contributed by atoms with Gasteiger partial charge in [0.1, 0.15) is 5.75 Å². The maximum absolute atomic E-state index is 6.66. The molecule has 4 nitrogen and oxygen atoms in total. The number of pyridine rings is 1. The molecule has 0 atom stereocenters. The SMILES string of the molecule is CC(C)c1cccc(C(C)C)c1-n1c(-c2[c-]ccc3c2Oc2ccccc2C3(C)C)nc2ccccc21.[CH3][Ge]([CH3])([CH3])[c]1ccc(-c2[c-]cccc2)nc1.[Ir]. The summed E-state index contributed by atoms with van der Waals surface area (Å²) in [6.07, 6.45) is 2.04. The Morgan fingerprint density at radius 1 is 0.704 bits per heavy atom. The van der Waals surface area contributed by atoms with Crippen LogP contribution in [0.25, 0.3) is 39.4 Å². The molecule has 3 heterocycles. The van der Waals surface area contributed by atoms with Gasteiger partial charge in [-0.2, -0.15) is 0 Å². The number of aromatic nitrogens is 3. The van der Waals surface area contributed by atoms with Crippen LogP contribution in [-0.2, 0) is 25.5 Å². The van der Waals surface area contributed by atoms with Crippen LogP contribution in [0.4, 0.5) is 0 Å². The van der Waals surface area contributed by atoms with Gasteiger partial charge in [0.25, 0.3) is 0 Å². The summed E-state index contributed by atoms with van der Waals surface area (Å²) >= 11 is -1.72. The fraction of sp³-hybridized carbons (Fsp3) is 0.250. The number of nitrogens with zero attached hydrogens (tertiary/aromatic N) is 3. The number of fused-ring (bicyclic) bond motifs is 3. The van der Waals surface area contributed by atoms with E-state index in [4.69, 9.17) is 9.72 Å². The first kappa shape index (κ1) is 39.4. The molecule has 54 heavy (non-hydrogen) atoms. The van der Waals surface area contributed by atoms with Crippen LogP contribution in [0.1, 0.15) is 75.6 Å². The minimum Gasteiger partial charge on any atom is 0 e. The number of para-hydroxylation sites is 4. The van der Waals surface area contributed by atoms with Crippen molar-refractivity contribution in [3.63, 3.8) is 0 Å². The molecule has 0 spiro atoms. The van der Waals surface area contributed by atoms with Crippen molar-refractivity contribution in [2.75, 3.05) is 0 Å². The molecule has 1 aliphatic rings. The molecule has 0 saturated carbocycles. The van der Waals surface area contributed by atoms with Gasteiger partial charge < -0.3 is 9.30 Å². The van der Waals surface area contributed by atoms with Crippen molar-refractivity contribution < 1.29 is 24.8 Å². The average Bonchev–Trinajstić information content (AvgIpc) is 3.54. The smallest absolute Gasteiger partial charge is 0 e. The molecule has 5 aromatic carbocycles. The minimum atomic E-state index is -1.72. The van der Waals surface area contributed by atoms with Crippen molar-refractivity contribution in [3.8, 4) is 39.8 Å². The first-order chi connectivity index (χ1) is 25.4. The third-order valence-corrected chi connectivity index (χ3v) is 14.6. The molecule has 6 heteroatoms. The van der Waals surface area contributed by atoms with Gasteiger partial charge >= 0.3 is 99.8 Å². The van der Waals surface area contributed by atoms with Crippen LogP contribution in [0.15, 0.2) is 121 Å². The monoisotopic (exact) mass is 950 g/mol. The van der Waals surface area contributed by atoms with E-state index in [1.807, 2.05) is 42.6 Å². The number of rotatable bonds is 6. The van der Waals surface area contributed by atoms with Crippen molar-refractivity contribution in [3.05, 3.63) is 156 Å². The molecule has 2 aromatic heterocycles. The Morgan fingerprint density at radius 3 is 2.04 bits per heavy atom. The van der Waals surface area contributed by atoms with Crippen LogP contribution in [0.3, 0.4) is 0 Å². The molecule has 7 aromatic rings. The zero-order valence-corrected chi connectivity index (χ0v) is 37.3. The second-order valence-corrected chi connectivity index (χ2v) is 26.8. The summed E-state index contributed by atoms with van der Waals surface area (Å²) in [5, 5.41) is 0. The molecule has 0 unspecified atom stereocenters. The Balaban J connectivity index is 0.000000246. The van der Waals surface area contributed by atoms with Gasteiger partial charge in [-0.1, -0.05) is 101 Å². The molecule has 1 radical (unpaired) electrons. The zero-order valence-electron chi connectivity index (χ0n) is 32.8. The standard InChI is InChI=1S/C34H33N2O.C14H16GeN.Ir/c1-21(2)23-13-11-14-24(22(3)4)31(23)36-29-19-9-8-18-28(29)35-33(36)25-15-12-17-27-32(25)37-30-20-10-7-16-26(30)34(27,5)6;1-15(2,3)13-9-10-14(16-11-13)12-7-5-4-6-8-12;/h7-14,16-22H,1-6H3;4-7,9-11H,1-3H3;/q2*-1;. The summed E-state index contributed by atoms with van der Waals surface area (Å²) in [7, 11) is 0. The second kappa shape index (κ2) is 15.8. The van der Waals surface area contributed by atoms with Crippen molar-refractivity contribution in [2.45, 2.75) is 76.1 Å². The molecule has 0 N–H and O–H groups in total. The van der Waals surface area contributed by atoms with E-state index in [1.54, 1.807) is 0 Å². The zero-order chi connectivity index (χ0) is 37.5. The van der Waals surface area contributed by atoms with Crippen molar-refractivity contribution in [1.29, 1.82) is 0 Å². The topological polar surface area (TPSA) is 39.9 Å². The Labute approximate surface area is 337 Å². The molecular formula is C48H49GeIrN3O-2. The van der Waals surface area contributed by atoms with Crippen molar-refractivity contribution in [1.82, 2.24) is 14.5 Å². The van der Waals surface area contributed by atoms with Gasteiger partial charge in [0.05, 0.1) is 16.9 Å². The van der Waals surface area contributed by atoms with E-state index in [0.29, 0.717) is 11.8 Å². The van der Waals surface area contributed by atoms with Gasteiger partial charge in [0, 0.05) is 42.5 Å². The Morgan fingerprint density at radius 2 is 1.39 bits per heavy atom. The molecule has 0 bridgehead atoms. The van der Waals surface area contributed by atoms with Gasteiger partial charge in [-0.05, 0) is 41.2 Å². The van der Waals surface area contributed by atoms with Crippen LogP contribution in [-0.4, -0.2) is 27.8 Å². The molecule has 1 aliphatic heterocycles. The maximum Gasteiger partial charge on any atom is 0 e. The van der Waals surface area contributed by atoms with Crippen LogP contribution >= 0.6 is 0 Å². The Hall–Kier alpha value is -4.29. The van der Waals surface area contributed by atoms with Crippen molar-refractivity contribution >= 4 is 28.7 Å². The first-order valence-electron chi connectivity index (χ1n) is 18.7. The summed E-state index contributed by atoms with van der Waals surface area (Å²) in [5.74, 6) is 10.5. The first-order valence-corrected chi connectivity index (χ1v) is 26.1. The quantitative estimate of drug-likeness (QED) is 0.123. The molecule has 0 saturated heterocycles. The molecule has 277 valence electrons. The molecule has 0 amide bonds. The molecule has 0 fully saturated rings. The van der Waals surface area contributed by atoms with Gasteiger partial charge in [-0.25, -0.2) is 0 Å². The van der Waals surface area contributed by atoms with E-state index in [9.17, 15) is 0 Å². The maximum atomic E-state index is 6.66. The van der Waals surface area contributed by atoms with Crippen molar-refractivity contribution in [2.24, 2.45) is 0 Å². The fourth-order valence-electron chi connectivity index (χ4n) is 7.32.